The summed E-state index contributed by atoms with van der Waals surface area (Å²) in [5.41, 5.74) is 0. The third kappa shape index (κ3) is 3.18. The normalized spacial score (nSPS) is 25.4. The average Bonchev–Trinajstić information content (AvgIpc) is 2.87. The van der Waals surface area contributed by atoms with Crippen molar-refractivity contribution in [1.82, 2.24) is 19.8 Å². The minimum absolute atomic E-state index is 0.0442. The van der Waals surface area contributed by atoms with E-state index in [1.807, 2.05) is 4.90 Å². The Labute approximate surface area is 129 Å². The summed E-state index contributed by atoms with van der Waals surface area (Å²) >= 11 is 0. The molecule has 2 fully saturated rings. The third-order valence-corrected chi connectivity index (χ3v) is 4.21. The number of ether oxygens (including phenoxy) is 1. The first kappa shape index (κ1) is 14.7. The van der Waals surface area contributed by atoms with Crippen molar-refractivity contribution in [1.29, 1.82) is 0 Å². The molecule has 118 valence electrons. The van der Waals surface area contributed by atoms with Crippen LogP contribution in [-0.2, 0) is 9.59 Å². The molecule has 0 radical (unpaired) electrons. The molecule has 7 nitrogen and oxygen atoms in total. The molecular weight excluding hydrogens is 284 g/mol. The Hall–Kier alpha value is -2.18. The molecule has 2 saturated heterocycles. The van der Waals surface area contributed by atoms with E-state index < -0.39 is 0 Å². The van der Waals surface area contributed by atoms with Crippen LogP contribution in [0.25, 0.3) is 0 Å². The molecule has 1 aromatic rings. The van der Waals surface area contributed by atoms with Gasteiger partial charge in [0.25, 0.3) is 0 Å². The van der Waals surface area contributed by atoms with Gasteiger partial charge in [0, 0.05) is 39.0 Å². The summed E-state index contributed by atoms with van der Waals surface area (Å²) in [7, 11) is 1.74. The largest absolute Gasteiger partial charge is 0.471 e. The first-order valence-corrected chi connectivity index (χ1v) is 7.59. The second-order valence-electron chi connectivity index (χ2n) is 5.89. The molecule has 3 rings (SSSR count). The van der Waals surface area contributed by atoms with Crippen LogP contribution in [0.3, 0.4) is 0 Å². The number of carbonyl (C=O) groups is 2. The number of hydrogen-bond acceptors (Lipinski definition) is 5. The lowest BCUT2D eigenvalue weighted by Crippen LogP contribution is -2.47. The average molecular weight is 304 g/mol. The first-order valence-electron chi connectivity index (χ1n) is 7.59. The summed E-state index contributed by atoms with van der Waals surface area (Å²) in [4.78, 5) is 35.7. The fourth-order valence-electron chi connectivity index (χ4n) is 3.04. The highest BCUT2D eigenvalue weighted by molar-refractivity contribution is 5.89. The molecule has 2 atom stereocenters. The lowest BCUT2D eigenvalue weighted by atomic mass is 10.0. The number of rotatable bonds is 3. The zero-order valence-electron chi connectivity index (χ0n) is 12.6. The van der Waals surface area contributed by atoms with Gasteiger partial charge in [-0.1, -0.05) is 0 Å². The van der Waals surface area contributed by atoms with Crippen LogP contribution in [0.5, 0.6) is 5.88 Å². The molecule has 2 aliphatic heterocycles. The van der Waals surface area contributed by atoms with Crippen LogP contribution in [-0.4, -0.2) is 64.4 Å². The predicted molar refractivity (Wildman–Crippen MR) is 78.0 cm³/mol. The molecule has 0 aliphatic carbocycles. The van der Waals surface area contributed by atoms with Gasteiger partial charge in [-0.3, -0.25) is 14.6 Å². The molecular formula is C15H20N4O3. The van der Waals surface area contributed by atoms with E-state index in [4.69, 9.17) is 4.74 Å². The lowest BCUT2D eigenvalue weighted by Gasteiger charge is -2.33. The zero-order chi connectivity index (χ0) is 15.5. The maximum absolute atomic E-state index is 12.6. The van der Waals surface area contributed by atoms with E-state index >= 15 is 0 Å². The van der Waals surface area contributed by atoms with Gasteiger partial charge in [0.2, 0.25) is 17.7 Å². The van der Waals surface area contributed by atoms with Crippen LogP contribution in [0, 0.1) is 5.92 Å². The molecule has 2 amide bonds. The van der Waals surface area contributed by atoms with Crippen molar-refractivity contribution in [3.8, 4) is 5.88 Å². The van der Waals surface area contributed by atoms with Gasteiger partial charge in [0.1, 0.15) is 6.10 Å². The topological polar surface area (TPSA) is 75.6 Å². The lowest BCUT2D eigenvalue weighted by molar-refractivity contribution is -0.138. The maximum atomic E-state index is 12.6. The van der Waals surface area contributed by atoms with E-state index in [1.54, 1.807) is 30.5 Å². The van der Waals surface area contributed by atoms with Crippen molar-refractivity contribution in [2.75, 3.05) is 26.7 Å². The highest BCUT2D eigenvalue weighted by Crippen LogP contribution is 2.22. The number of amides is 2. The summed E-state index contributed by atoms with van der Waals surface area (Å²) in [6.45, 7) is 1.79. The number of piperidine rings is 1. The molecule has 0 unspecified atom stereocenters. The molecule has 0 aromatic carbocycles. The van der Waals surface area contributed by atoms with E-state index in [9.17, 15) is 9.59 Å². The molecule has 0 spiro atoms. The van der Waals surface area contributed by atoms with Crippen LogP contribution in [0.4, 0.5) is 0 Å². The Morgan fingerprint density at radius 3 is 2.91 bits per heavy atom. The second-order valence-corrected chi connectivity index (χ2v) is 5.89. The second kappa shape index (κ2) is 6.29. The van der Waals surface area contributed by atoms with E-state index in [2.05, 4.69) is 9.97 Å². The van der Waals surface area contributed by atoms with Crippen LogP contribution < -0.4 is 4.74 Å². The Morgan fingerprint density at radius 1 is 1.36 bits per heavy atom. The van der Waals surface area contributed by atoms with Crippen molar-refractivity contribution in [2.24, 2.45) is 5.92 Å². The maximum Gasteiger partial charge on any atom is 0.232 e. The van der Waals surface area contributed by atoms with Gasteiger partial charge in [-0.25, -0.2) is 4.98 Å². The van der Waals surface area contributed by atoms with E-state index in [-0.39, 0.29) is 23.8 Å². The Kier molecular flexibility index (Phi) is 4.22. The standard InChI is InChI=1S/C15H20N4O3/c1-18-9-11(7-14(18)20)15(21)19-6-2-3-12(10-19)22-13-8-16-4-5-17-13/h4-5,8,11-12H,2-3,6-7,9-10H2,1H3/t11-,12-/m1/s1. The van der Waals surface area contributed by atoms with Gasteiger partial charge in [-0.2, -0.15) is 0 Å². The van der Waals surface area contributed by atoms with E-state index in [0.717, 1.165) is 19.4 Å². The number of nitrogens with zero attached hydrogens (tertiary/aromatic N) is 4. The minimum atomic E-state index is -0.215. The number of aromatic nitrogens is 2. The van der Waals surface area contributed by atoms with E-state index in [0.29, 0.717) is 25.4 Å². The summed E-state index contributed by atoms with van der Waals surface area (Å²) in [6.07, 6.45) is 6.80. The van der Waals surface area contributed by atoms with Crippen LogP contribution in [0.15, 0.2) is 18.6 Å². The summed E-state index contributed by atoms with van der Waals surface area (Å²) in [6, 6.07) is 0. The molecule has 0 bridgehead atoms. The van der Waals surface area contributed by atoms with Gasteiger partial charge in [0.05, 0.1) is 18.7 Å². The van der Waals surface area contributed by atoms with Gasteiger partial charge < -0.3 is 14.5 Å². The highest BCUT2D eigenvalue weighted by Gasteiger charge is 2.36. The Morgan fingerprint density at radius 2 is 2.23 bits per heavy atom. The molecule has 7 heteroatoms. The fourth-order valence-corrected chi connectivity index (χ4v) is 3.04. The predicted octanol–water partition coefficient (Wildman–Crippen LogP) is 0.325. The molecule has 1 aromatic heterocycles. The number of carbonyl (C=O) groups excluding carboxylic acids is 2. The van der Waals surface area contributed by atoms with Crippen molar-refractivity contribution in [3.05, 3.63) is 18.6 Å². The number of hydrogen-bond donors (Lipinski definition) is 0. The fraction of sp³-hybridized carbons (Fsp3) is 0.600. The SMILES string of the molecule is CN1C[C@H](C(=O)N2CCC[C@@H](Oc3cnccn3)C2)CC1=O. The van der Waals surface area contributed by atoms with Gasteiger partial charge in [-0.05, 0) is 12.8 Å². The van der Waals surface area contributed by atoms with Gasteiger partial charge in [-0.15, -0.1) is 0 Å². The van der Waals surface area contributed by atoms with Crippen LogP contribution >= 0.6 is 0 Å². The quantitative estimate of drug-likeness (QED) is 0.804. The Balaban J connectivity index is 1.58. The minimum Gasteiger partial charge on any atom is -0.471 e. The molecule has 2 aliphatic rings. The molecule has 22 heavy (non-hydrogen) atoms. The summed E-state index contributed by atoms with van der Waals surface area (Å²) < 4.78 is 5.80. The van der Waals surface area contributed by atoms with Crippen molar-refractivity contribution in [3.63, 3.8) is 0 Å². The number of likely N-dealkylation sites (tertiary alicyclic amines) is 2. The molecule has 0 N–H and O–H groups in total. The monoisotopic (exact) mass is 304 g/mol. The molecule has 3 heterocycles. The first-order chi connectivity index (χ1) is 10.6. The third-order valence-electron chi connectivity index (χ3n) is 4.21. The van der Waals surface area contributed by atoms with E-state index in [1.165, 1.54) is 0 Å². The summed E-state index contributed by atoms with van der Waals surface area (Å²) in [5, 5.41) is 0. The van der Waals surface area contributed by atoms with Crippen LogP contribution in [0.1, 0.15) is 19.3 Å². The smallest absolute Gasteiger partial charge is 0.232 e. The van der Waals surface area contributed by atoms with Crippen molar-refractivity contribution in [2.45, 2.75) is 25.4 Å². The van der Waals surface area contributed by atoms with Crippen molar-refractivity contribution < 1.29 is 14.3 Å². The zero-order valence-corrected chi connectivity index (χ0v) is 12.6. The Bertz CT molecular complexity index is 551. The van der Waals surface area contributed by atoms with Crippen molar-refractivity contribution >= 4 is 11.8 Å². The van der Waals surface area contributed by atoms with Gasteiger partial charge >= 0.3 is 0 Å². The summed E-state index contributed by atoms with van der Waals surface area (Å²) in [5.74, 6) is 0.373. The highest BCUT2D eigenvalue weighted by atomic mass is 16.5. The van der Waals surface area contributed by atoms with Crippen LogP contribution in [0.2, 0.25) is 0 Å². The van der Waals surface area contributed by atoms with Gasteiger partial charge in [0.15, 0.2) is 0 Å². The molecule has 0 saturated carbocycles.